The van der Waals surface area contributed by atoms with Gasteiger partial charge in [-0.2, -0.15) is 0 Å². The van der Waals surface area contributed by atoms with E-state index in [2.05, 4.69) is 60.3 Å². The van der Waals surface area contributed by atoms with Crippen molar-refractivity contribution >= 4 is 0 Å². The third-order valence-electron chi connectivity index (χ3n) is 3.52. The largest absolute Gasteiger partial charge is 0.313 e. The molecule has 0 fully saturated rings. The molecule has 0 unspecified atom stereocenters. The van der Waals surface area contributed by atoms with Crippen LogP contribution in [0, 0.1) is 0 Å². The first-order chi connectivity index (χ1) is 9.64. The number of hydrogen-bond donors (Lipinski definition) is 1. The highest BCUT2D eigenvalue weighted by atomic mass is 14.9. The minimum absolute atomic E-state index is 0.170. The molecule has 3 nitrogen and oxygen atoms in total. The molecule has 20 heavy (non-hydrogen) atoms. The maximum atomic E-state index is 4.55. The Morgan fingerprint density at radius 1 is 1.05 bits per heavy atom. The van der Waals surface area contributed by atoms with Gasteiger partial charge in [-0.25, -0.2) is 9.97 Å². The van der Waals surface area contributed by atoms with Crippen LogP contribution in [0.5, 0.6) is 0 Å². The van der Waals surface area contributed by atoms with Crippen LogP contribution >= 0.6 is 0 Å². The molecule has 0 atom stereocenters. The van der Waals surface area contributed by atoms with E-state index >= 15 is 0 Å². The van der Waals surface area contributed by atoms with Crippen molar-refractivity contribution in [2.24, 2.45) is 0 Å². The number of nitrogens with one attached hydrogen (secondary N) is 1. The molecule has 1 aromatic carbocycles. The molecule has 3 heteroatoms. The Morgan fingerprint density at radius 3 is 2.30 bits per heavy atom. The lowest BCUT2D eigenvalue weighted by Gasteiger charge is -2.23. The molecule has 1 N–H and O–H groups in total. The van der Waals surface area contributed by atoms with Gasteiger partial charge >= 0.3 is 0 Å². The maximum Gasteiger partial charge on any atom is 0.138 e. The Bertz CT molecular complexity index is 518. The fourth-order valence-electron chi connectivity index (χ4n) is 2.16. The van der Waals surface area contributed by atoms with Crippen molar-refractivity contribution in [1.29, 1.82) is 0 Å². The predicted molar refractivity (Wildman–Crippen MR) is 82.6 cm³/mol. The summed E-state index contributed by atoms with van der Waals surface area (Å²) in [6.07, 6.45) is 4.99. The van der Waals surface area contributed by atoms with E-state index in [4.69, 9.17) is 0 Å². The van der Waals surface area contributed by atoms with Crippen LogP contribution in [0.15, 0.2) is 42.7 Å². The lowest BCUT2D eigenvalue weighted by atomic mass is 9.84. The van der Waals surface area contributed by atoms with Crippen molar-refractivity contribution in [3.8, 4) is 0 Å². The first kappa shape index (κ1) is 14.7. The van der Waals surface area contributed by atoms with Crippen LogP contribution in [-0.4, -0.2) is 16.5 Å². The summed E-state index contributed by atoms with van der Waals surface area (Å²) < 4.78 is 0. The summed E-state index contributed by atoms with van der Waals surface area (Å²) in [7, 11) is 0. The minimum atomic E-state index is -0.170. The summed E-state index contributed by atoms with van der Waals surface area (Å²) in [4.78, 5) is 9.11. The molecule has 0 aliphatic carbocycles. The molecule has 0 saturated carbocycles. The van der Waals surface area contributed by atoms with Crippen molar-refractivity contribution in [2.45, 2.75) is 39.2 Å². The molecule has 1 heterocycles. The van der Waals surface area contributed by atoms with Crippen molar-refractivity contribution in [3.63, 3.8) is 0 Å². The standard InChI is InChI=1S/C17H23N3/c1-4-10-18-11-14-12-19-16(20-13-14)17(2,3)15-8-6-5-7-9-15/h5-9,12-13,18H,4,10-11H2,1-3H3. The van der Waals surface area contributed by atoms with E-state index in [1.54, 1.807) is 0 Å². The Hall–Kier alpha value is -1.74. The number of nitrogens with zero attached hydrogens (tertiary/aromatic N) is 2. The molecule has 0 bridgehead atoms. The average molecular weight is 269 g/mol. The Morgan fingerprint density at radius 2 is 1.70 bits per heavy atom. The van der Waals surface area contributed by atoms with Gasteiger partial charge in [0.1, 0.15) is 5.82 Å². The zero-order valence-electron chi connectivity index (χ0n) is 12.6. The first-order valence-electron chi connectivity index (χ1n) is 7.22. The van der Waals surface area contributed by atoms with Gasteiger partial charge in [0.2, 0.25) is 0 Å². The Labute approximate surface area is 121 Å². The highest BCUT2D eigenvalue weighted by molar-refractivity contribution is 5.30. The monoisotopic (exact) mass is 269 g/mol. The first-order valence-corrected chi connectivity index (χ1v) is 7.22. The summed E-state index contributed by atoms with van der Waals surface area (Å²) in [6, 6.07) is 10.4. The lowest BCUT2D eigenvalue weighted by molar-refractivity contribution is 0.585. The molecule has 0 aliphatic heterocycles. The molecule has 2 aromatic rings. The normalized spacial score (nSPS) is 11.6. The van der Waals surface area contributed by atoms with Crippen LogP contribution < -0.4 is 5.32 Å². The highest BCUT2D eigenvalue weighted by Crippen LogP contribution is 2.28. The maximum absolute atomic E-state index is 4.55. The van der Waals surface area contributed by atoms with E-state index in [-0.39, 0.29) is 5.41 Å². The zero-order valence-corrected chi connectivity index (χ0v) is 12.6. The highest BCUT2D eigenvalue weighted by Gasteiger charge is 2.25. The van der Waals surface area contributed by atoms with Crippen molar-refractivity contribution in [2.75, 3.05) is 6.54 Å². The molecular formula is C17H23N3. The van der Waals surface area contributed by atoms with Crippen molar-refractivity contribution < 1.29 is 0 Å². The summed E-state index contributed by atoms with van der Waals surface area (Å²) in [5, 5.41) is 3.36. The number of aromatic nitrogens is 2. The summed E-state index contributed by atoms with van der Waals surface area (Å²) in [5.41, 5.74) is 2.19. The minimum Gasteiger partial charge on any atom is -0.313 e. The van der Waals surface area contributed by atoms with E-state index in [1.165, 1.54) is 5.56 Å². The quantitative estimate of drug-likeness (QED) is 0.818. The van der Waals surface area contributed by atoms with E-state index in [0.29, 0.717) is 0 Å². The fraction of sp³-hybridized carbons (Fsp3) is 0.412. The van der Waals surface area contributed by atoms with Crippen LogP contribution in [0.4, 0.5) is 0 Å². The Kier molecular flexibility index (Phi) is 4.85. The molecule has 0 saturated heterocycles. The fourth-order valence-corrected chi connectivity index (χ4v) is 2.16. The van der Waals surface area contributed by atoms with Crippen molar-refractivity contribution in [1.82, 2.24) is 15.3 Å². The van der Waals surface area contributed by atoms with Crippen LogP contribution in [0.25, 0.3) is 0 Å². The molecule has 0 aliphatic rings. The molecule has 106 valence electrons. The second-order valence-corrected chi connectivity index (χ2v) is 5.58. The lowest BCUT2D eigenvalue weighted by Crippen LogP contribution is -2.23. The van der Waals surface area contributed by atoms with Crippen LogP contribution in [-0.2, 0) is 12.0 Å². The van der Waals surface area contributed by atoms with E-state index < -0.39 is 0 Å². The van der Waals surface area contributed by atoms with Gasteiger partial charge in [0.05, 0.1) is 0 Å². The molecule has 0 radical (unpaired) electrons. The van der Waals surface area contributed by atoms with Gasteiger partial charge in [0, 0.05) is 29.9 Å². The van der Waals surface area contributed by atoms with Gasteiger partial charge in [-0.3, -0.25) is 0 Å². The van der Waals surface area contributed by atoms with Gasteiger partial charge in [-0.1, -0.05) is 37.3 Å². The van der Waals surface area contributed by atoms with E-state index in [9.17, 15) is 0 Å². The third-order valence-corrected chi connectivity index (χ3v) is 3.52. The Balaban J connectivity index is 2.13. The molecular weight excluding hydrogens is 246 g/mol. The summed E-state index contributed by atoms with van der Waals surface area (Å²) in [5.74, 6) is 0.864. The van der Waals surface area contributed by atoms with E-state index in [1.807, 2.05) is 18.5 Å². The SMILES string of the molecule is CCCNCc1cnc(C(C)(C)c2ccccc2)nc1. The average Bonchev–Trinajstić information content (AvgIpc) is 2.49. The third kappa shape index (κ3) is 3.42. The van der Waals surface area contributed by atoms with Gasteiger partial charge < -0.3 is 5.32 Å². The van der Waals surface area contributed by atoms with Crippen LogP contribution in [0.2, 0.25) is 0 Å². The predicted octanol–water partition coefficient (Wildman–Crippen LogP) is 3.30. The van der Waals surface area contributed by atoms with Gasteiger partial charge in [-0.15, -0.1) is 0 Å². The van der Waals surface area contributed by atoms with E-state index in [0.717, 1.165) is 30.9 Å². The smallest absolute Gasteiger partial charge is 0.138 e. The van der Waals surface area contributed by atoms with Crippen LogP contribution in [0.3, 0.4) is 0 Å². The number of rotatable bonds is 6. The summed E-state index contributed by atoms with van der Waals surface area (Å²) >= 11 is 0. The van der Waals surface area contributed by atoms with Gasteiger partial charge in [0.15, 0.2) is 0 Å². The molecule has 2 rings (SSSR count). The van der Waals surface area contributed by atoms with Crippen LogP contribution in [0.1, 0.15) is 44.1 Å². The number of benzene rings is 1. The molecule has 1 aromatic heterocycles. The summed E-state index contributed by atoms with van der Waals surface area (Å²) in [6.45, 7) is 8.34. The van der Waals surface area contributed by atoms with Gasteiger partial charge in [-0.05, 0) is 32.4 Å². The molecule has 0 amide bonds. The number of hydrogen-bond acceptors (Lipinski definition) is 3. The zero-order chi connectivity index (χ0) is 14.4. The topological polar surface area (TPSA) is 37.8 Å². The second kappa shape index (κ2) is 6.62. The van der Waals surface area contributed by atoms with Crippen molar-refractivity contribution in [3.05, 3.63) is 59.7 Å². The van der Waals surface area contributed by atoms with Gasteiger partial charge in [0.25, 0.3) is 0 Å². The molecule has 0 spiro atoms. The second-order valence-electron chi connectivity index (χ2n) is 5.58.